The van der Waals surface area contributed by atoms with Crippen LogP contribution in [0.1, 0.15) is 54.8 Å². The Bertz CT molecular complexity index is 1190. The lowest BCUT2D eigenvalue weighted by Crippen LogP contribution is -2.39. The van der Waals surface area contributed by atoms with E-state index in [4.69, 9.17) is 10.7 Å². The molecule has 0 spiro atoms. The summed E-state index contributed by atoms with van der Waals surface area (Å²) in [5.41, 5.74) is 8.72. The average Bonchev–Trinajstić information content (AvgIpc) is 2.85. The largest absolute Gasteiger partial charge is 0.364 e. The second kappa shape index (κ2) is 14.3. The first-order valence-corrected chi connectivity index (χ1v) is 13.5. The SMILES string of the molecule is CCc1nc(C(N)=O)c(Nc2ccnc(CCNC(=O)CN(C)C(=O)/C=C/CN3CCC3)c2)nc1CC(C)C. The van der Waals surface area contributed by atoms with Crippen molar-refractivity contribution in [2.24, 2.45) is 11.7 Å². The van der Waals surface area contributed by atoms with Crippen molar-refractivity contribution in [3.05, 3.63) is 53.3 Å². The molecule has 0 saturated carbocycles. The van der Waals surface area contributed by atoms with Gasteiger partial charge in [-0.25, -0.2) is 9.97 Å². The van der Waals surface area contributed by atoms with Crippen LogP contribution in [-0.4, -0.2) is 82.2 Å². The van der Waals surface area contributed by atoms with Crippen LogP contribution in [0, 0.1) is 5.92 Å². The minimum atomic E-state index is -0.650. The summed E-state index contributed by atoms with van der Waals surface area (Å²) < 4.78 is 0. The number of nitrogens with zero attached hydrogens (tertiary/aromatic N) is 5. The van der Waals surface area contributed by atoms with E-state index < -0.39 is 5.91 Å². The number of primary amides is 1. The van der Waals surface area contributed by atoms with Gasteiger partial charge in [0, 0.05) is 50.2 Å². The molecule has 11 nitrogen and oxygen atoms in total. The van der Waals surface area contributed by atoms with Gasteiger partial charge in [0.05, 0.1) is 17.9 Å². The number of likely N-dealkylation sites (N-methyl/N-ethyl adjacent to an activating group) is 1. The van der Waals surface area contributed by atoms with Crippen LogP contribution in [-0.2, 0) is 28.9 Å². The maximum Gasteiger partial charge on any atom is 0.271 e. The first-order valence-electron chi connectivity index (χ1n) is 13.5. The maximum absolute atomic E-state index is 12.3. The van der Waals surface area contributed by atoms with E-state index in [2.05, 4.69) is 39.3 Å². The van der Waals surface area contributed by atoms with Crippen molar-refractivity contribution in [2.75, 3.05) is 45.1 Å². The van der Waals surface area contributed by atoms with Crippen LogP contribution in [0.2, 0.25) is 0 Å². The van der Waals surface area contributed by atoms with Gasteiger partial charge in [-0.3, -0.25) is 24.3 Å². The van der Waals surface area contributed by atoms with Gasteiger partial charge in [-0.1, -0.05) is 26.8 Å². The molecule has 0 bridgehead atoms. The van der Waals surface area contributed by atoms with Gasteiger partial charge in [-0.05, 0) is 50.4 Å². The number of carbonyl (C=O) groups excluding carboxylic acids is 3. The first kappa shape index (κ1) is 29.7. The first-order chi connectivity index (χ1) is 18.7. The molecule has 1 aliphatic heterocycles. The van der Waals surface area contributed by atoms with Crippen LogP contribution in [0.3, 0.4) is 0 Å². The summed E-state index contributed by atoms with van der Waals surface area (Å²) >= 11 is 0. The summed E-state index contributed by atoms with van der Waals surface area (Å²) in [6.07, 6.45) is 8.07. The zero-order valence-electron chi connectivity index (χ0n) is 23.4. The molecule has 0 radical (unpaired) electrons. The molecule has 3 heterocycles. The molecule has 4 N–H and O–H groups in total. The summed E-state index contributed by atoms with van der Waals surface area (Å²) in [6.45, 7) is 9.41. The number of hydrogen-bond acceptors (Lipinski definition) is 8. The van der Waals surface area contributed by atoms with Gasteiger partial charge in [0.2, 0.25) is 11.8 Å². The Morgan fingerprint density at radius 2 is 1.97 bits per heavy atom. The molecule has 1 aliphatic rings. The molecular weight excluding hydrogens is 496 g/mol. The summed E-state index contributed by atoms with van der Waals surface area (Å²) in [5.74, 6) is -0.404. The predicted molar refractivity (Wildman–Crippen MR) is 151 cm³/mol. The summed E-state index contributed by atoms with van der Waals surface area (Å²) in [7, 11) is 1.61. The monoisotopic (exact) mass is 536 g/mol. The fraction of sp³-hybridized carbons (Fsp3) is 0.500. The third-order valence-electron chi connectivity index (χ3n) is 6.33. The molecule has 39 heavy (non-hydrogen) atoms. The van der Waals surface area contributed by atoms with Gasteiger partial charge in [-0.15, -0.1) is 0 Å². The normalized spacial score (nSPS) is 13.4. The van der Waals surface area contributed by atoms with Crippen molar-refractivity contribution >= 4 is 29.2 Å². The lowest BCUT2D eigenvalue weighted by Gasteiger charge is -2.29. The number of nitrogens with one attached hydrogen (secondary N) is 2. The number of likely N-dealkylation sites (tertiary alicyclic amines) is 1. The molecule has 2 aromatic rings. The van der Waals surface area contributed by atoms with Gasteiger partial charge < -0.3 is 21.3 Å². The molecule has 0 aliphatic carbocycles. The Balaban J connectivity index is 1.55. The van der Waals surface area contributed by atoms with Crippen LogP contribution < -0.4 is 16.4 Å². The van der Waals surface area contributed by atoms with E-state index in [1.807, 2.05) is 19.1 Å². The Morgan fingerprint density at radius 1 is 1.21 bits per heavy atom. The van der Waals surface area contributed by atoms with Gasteiger partial charge in [0.15, 0.2) is 11.5 Å². The van der Waals surface area contributed by atoms with Crippen LogP contribution in [0.25, 0.3) is 0 Å². The highest BCUT2D eigenvalue weighted by molar-refractivity contribution is 5.96. The van der Waals surface area contributed by atoms with Crippen molar-refractivity contribution in [3.8, 4) is 0 Å². The van der Waals surface area contributed by atoms with Crippen molar-refractivity contribution in [1.82, 2.24) is 30.1 Å². The topological polar surface area (TPSA) is 146 Å². The summed E-state index contributed by atoms with van der Waals surface area (Å²) in [6, 6.07) is 3.59. The zero-order chi connectivity index (χ0) is 28.4. The van der Waals surface area contributed by atoms with E-state index >= 15 is 0 Å². The Kier molecular flexibility index (Phi) is 10.9. The molecule has 210 valence electrons. The molecule has 3 amide bonds. The number of pyridine rings is 1. The lowest BCUT2D eigenvalue weighted by atomic mass is 10.0. The second-order valence-corrected chi connectivity index (χ2v) is 10.1. The van der Waals surface area contributed by atoms with E-state index in [9.17, 15) is 14.4 Å². The molecule has 2 aromatic heterocycles. The minimum Gasteiger partial charge on any atom is -0.364 e. The van der Waals surface area contributed by atoms with E-state index in [-0.39, 0.29) is 24.1 Å². The molecule has 1 fully saturated rings. The maximum atomic E-state index is 12.3. The van der Waals surface area contributed by atoms with E-state index in [1.54, 1.807) is 19.3 Å². The van der Waals surface area contributed by atoms with Crippen LogP contribution in [0.15, 0.2) is 30.5 Å². The van der Waals surface area contributed by atoms with Crippen LogP contribution in [0.4, 0.5) is 11.5 Å². The number of rotatable bonds is 14. The van der Waals surface area contributed by atoms with Crippen LogP contribution >= 0.6 is 0 Å². The van der Waals surface area contributed by atoms with Gasteiger partial charge in [-0.2, -0.15) is 0 Å². The van der Waals surface area contributed by atoms with E-state index in [0.717, 1.165) is 43.1 Å². The third-order valence-corrected chi connectivity index (χ3v) is 6.33. The number of nitrogens with two attached hydrogens (primary N) is 1. The number of carbonyl (C=O) groups is 3. The number of amides is 3. The predicted octanol–water partition coefficient (Wildman–Crippen LogP) is 1.85. The molecule has 0 atom stereocenters. The van der Waals surface area contributed by atoms with Crippen molar-refractivity contribution in [3.63, 3.8) is 0 Å². The minimum absolute atomic E-state index is 0.0249. The highest BCUT2D eigenvalue weighted by Gasteiger charge is 2.18. The van der Waals surface area contributed by atoms with Crippen LogP contribution in [0.5, 0.6) is 0 Å². The van der Waals surface area contributed by atoms with Crippen molar-refractivity contribution < 1.29 is 14.4 Å². The Labute approximate surface area is 230 Å². The molecule has 3 rings (SSSR count). The molecule has 0 unspecified atom stereocenters. The number of anilines is 2. The Hall–Kier alpha value is -3.86. The number of hydrogen-bond donors (Lipinski definition) is 3. The quantitative estimate of drug-likeness (QED) is 0.310. The molecule has 0 aromatic carbocycles. The van der Waals surface area contributed by atoms with Gasteiger partial charge >= 0.3 is 0 Å². The summed E-state index contributed by atoms with van der Waals surface area (Å²) in [4.78, 5) is 53.8. The fourth-order valence-electron chi connectivity index (χ4n) is 4.10. The van der Waals surface area contributed by atoms with Gasteiger partial charge in [0.25, 0.3) is 5.91 Å². The highest BCUT2D eigenvalue weighted by atomic mass is 16.2. The molecular formula is C28H40N8O3. The zero-order valence-corrected chi connectivity index (χ0v) is 23.4. The lowest BCUT2D eigenvalue weighted by molar-refractivity contribution is -0.131. The molecule has 11 heteroatoms. The standard InChI is InChI=1S/C28H40N8O3/c1-5-22-23(16-19(2)3)34-28(26(33-22)27(29)39)32-21-10-11-30-20(17-21)9-12-31-24(37)18-35(4)25(38)8-6-13-36-14-7-15-36/h6,8,10-11,17,19H,5,7,9,12-16,18H2,1-4H3,(H2,29,39)(H,31,37)(H,30,32,34)/b8-6+. The van der Waals surface area contributed by atoms with Gasteiger partial charge in [0.1, 0.15) is 0 Å². The van der Waals surface area contributed by atoms with E-state index in [0.29, 0.717) is 36.8 Å². The average molecular weight is 537 g/mol. The van der Waals surface area contributed by atoms with E-state index in [1.165, 1.54) is 17.4 Å². The molecule has 1 saturated heterocycles. The smallest absolute Gasteiger partial charge is 0.271 e. The fourth-order valence-corrected chi connectivity index (χ4v) is 4.10. The number of aryl methyl sites for hydroxylation is 1. The highest BCUT2D eigenvalue weighted by Crippen LogP contribution is 2.22. The summed E-state index contributed by atoms with van der Waals surface area (Å²) in [5, 5.41) is 6.00. The van der Waals surface area contributed by atoms with Crippen molar-refractivity contribution in [2.45, 2.75) is 46.5 Å². The van der Waals surface area contributed by atoms with Crippen molar-refractivity contribution in [1.29, 1.82) is 0 Å². The second-order valence-electron chi connectivity index (χ2n) is 10.1. The third kappa shape index (κ3) is 9.13. The number of aromatic nitrogens is 3. The Morgan fingerprint density at radius 3 is 2.62 bits per heavy atom.